The zero-order valence-corrected chi connectivity index (χ0v) is 31.7. The molecule has 51 heavy (non-hydrogen) atoms. The van der Waals surface area contributed by atoms with Crippen LogP contribution in [0.1, 0.15) is 147 Å². The largest absolute Gasteiger partial charge is 0.441 e. The fourth-order valence-electron chi connectivity index (χ4n) is 9.10. The van der Waals surface area contributed by atoms with Crippen molar-refractivity contribution in [2.75, 3.05) is 13.1 Å². The third kappa shape index (κ3) is 9.33. The van der Waals surface area contributed by atoms with Crippen molar-refractivity contribution in [1.82, 2.24) is 10.6 Å². The number of alkyl halides is 2. The molecule has 6 aliphatic rings. The first-order chi connectivity index (χ1) is 24.6. The third-order valence-corrected chi connectivity index (χ3v) is 13.9. The molecule has 11 heteroatoms. The molecule has 0 radical (unpaired) electrons. The van der Waals surface area contributed by atoms with E-state index in [4.69, 9.17) is 44.0 Å². The lowest BCUT2D eigenvalue weighted by atomic mass is 9.57. The number of hydrogen-bond donors (Lipinski definition) is 4. The molecule has 6 aliphatic carbocycles. The second kappa shape index (κ2) is 16.9. The molecule has 0 aromatic heterocycles. The highest BCUT2D eigenvalue weighted by molar-refractivity contribution is 6.24. The van der Waals surface area contributed by atoms with E-state index < -0.39 is 12.5 Å². The average molecular weight is 740 g/mol. The van der Waals surface area contributed by atoms with Crippen LogP contribution >= 0.6 is 23.2 Å². The molecule has 2 amide bonds. The minimum Gasteiger partial charge on any atom is -0.393 e. The van der Waals surface area contributed by atoms with Crippen LogP contribution in [0.3, 0.4) is 0 Å². The number of hydrogen-bond acceptors (Lipinski definition) is 6. The summed E-state index contributed by atoms with van der Waals surface area (Å²) in [6.45, 7) is 1.13. The summed E-state index contributed by atoms with van der Waals surface area (Å²) in [5.41, 5.74) is 15.7. The molecule has 6 saturated carbocycles. The zero-order valence-electron chi connectivity index (χ0n) is 30.2. The Labute approximate surface area is 315 Å². The summed E-state index contributed by atoms with van der Waals surface area (Å²) in [7, 11) is -0.0891. The predicted molar refractivity (Wildman–Crippen MR) is 206 cm³/mol. The van der Waals surface area contributed by atoms with E-state index >= 15 is 0 Å². The number of nitrogens with one attached hydrogen (secondary N) is 2. The fraction of sp³-hybridized carbons (Fsp3) is 0.650. The van der Waals surface area contributed by atoms with Gasteiger partial charge in [0.05, 0.1) is 0 Å². The summed E-state index contributed by atoms with van der Waals surface area (Å²) in [5.74, 6) is -0.383. The van der Waals surface area contributed by atoms with Gasteiger partial charge in [-0.15, -0.1) is 23.2 Å². The Bertz CT molecular complexity index is 1320. The molecule has 0 heterocycles. The Morgan fingerprint density at radius 2 is 0.922 bits per heavy atom. The molecule has 278 valence electrons. The van der Waals surface area contributed by atoms with E-state index in [1.807, 2.05) is 24.3 Å². The quantitative estimate of drug-likeness (QED) is 0.0554. The van der Waals surface area contributed by atoms with Crippen LogP contribution in [0.5, 0.6) is 0 Å². The van der Waals surface area contributed by atoms with Gasteiger partial charge >= 0.3 is 7.69 Å². The maximum atomic E-state index is 13.4. The summed E-state index contributed by atoms with van der Waals surface area (Å²) in [6.07, 6.45) is 16.3. The van der Waals surface area contributed by atoms with Crippen LogP contribution in [-0.4, -0.2) is 54.8 Å². The van der Waals surface area contributed by atoms with E-state index in [0.717, 1.165) is 103 Å². The molecule has 0 saturated heterocycles. The van der Waals surface area contributed by atoms with Gasteiger partial charge in [0.15, 0.2) is 0 Å². The van der Waals surface area contributed by atoms with Crippen molar-refractivity contribution in [3.8, 4) is 0 Å². The lowest BCUT2D eigenvalue weighted by Gasteiger charge is -2.51. The summed E-state index contributed by atoms with van der Waals surface area (Å²) in [6, 6.07) is 16.2. The molecule has 2 atom stereocenters. The maximum absolute atomic E-state index is 13.4. The Morgan fingerprint density at radius 1 is 0.588 bits per heavy atom. The number of rotatable bonds is 18. The maximum Gasteiger partial charge on any atom is 0.441 e. The molecule has 2 aromatic rings. The summed E-state index contributed by atoms with van der Waals surface area (Å²) in [5, 5.41) is 6.11. The van der Waals surface area contributed by atoms with Crippen molar-refractivity contribution < 1.29 is 18.9 Å². The van der Waals surface area contributed by atoms with Gasteiger partial charge in [-0.2, -0.15) is 0 Å². The molecule has 6 fully saturated rings. The van der Waals surface area contributed by atoms with Crippen LogP contribution in [0.15, 0.2) is 48.5 Å². The highest BCUT2D eigenvalue weighted by Crippen LogP contribution is 2.57. The predicted octanol–water partition coefficient (Wildman–Crippen LogP) is 7.22. The van der Waals surface area contributed by atoms with Crippen LogP contribution in [0.2, 0.25) is 0 Å². The van der Waals surface area contributed by atoms with E-state index in [2.05, 4.69) is 34.9 Å². The topological polar surface area (TPSA) is 129 Å². The van der Waals surface area contributed by atoms with Crippen molar-refractivity contribution in [2.24, 2.45) is 11.5 Å². The number of unbranched alkanes of at least 4 members (excludes halogenated alkanes) is 2. The van der Waals surface area contributed by atoms with Crippen LogP contribution in [-0.2, 0) is 20.1 Å². The first-order valence-electron chi connectivity index (χ1n) is 19.4. The van der Waals surface area contributed by atoms with E-state index in [1.54, 1.807) is 0 Å². The number of benzene rings is 2. The van der Waals surface area contributed by atoms with Crippen molar-refractivity contribution >= 4 is 42.7 Å². The summed E-state index contributed by atoms with van der Waals surface area (Å²) in [4.78, 5) is 26.8. The normalized spacial score (nSPS) is 29.3. The first-order valence-corrected chi connectivity index (χ1v) is 20.2. The van der Waals surface area contributed by atoms with Crippen molar-refractivity contribution in [2.45, 2.75) is 149 Å². The number of fused-ring (bicyclic) bond motifs is 6. The third-order valence-electron chi connectivity index (χ3n) is 12.8. The molecule has 6 N–H and O–H groups in total. The van der Waals surface area contributed by atoms with Gasteiger partial charge in [-0.25, -0.2) is 0 Å². The molecular weight excluding hydrogens is 682 g/mol. The molecule has 4 bridgehead atoms. The zero-order chi connectivity index (χ0) is 36.0. The molecule has 2 unspecified atom stereocenters. The van der Waals surface area contributed by atoms with Gasteiger partial charge in [-0.05, 0) is 175 Å². The molecule has 2 aromatic carbocycles. The molecule has 8 rings (SSSR count). The average Bonchev–Trinajstić information content (AvgIpc) is 3.16. The number of halogens is 2. The van der Waals surface area contributed by atoms with Gasteiger partial charge in [0.2, 0.25) is 0 Å². The molecular formula is C40H57BCl2N4O4. The molecule has 0 spiro atoms. The fourth-order valence-corrected chi connectivity index (χ4v) is 9.67. The number of carbonyl (C=O) groups excluding carboxylic acids is 2. The second-order valence-electron chi connectivity index (χ2n) is 16.0. The van der Waals surface area contributed by atoms with E-state index in [9.17, 15) is 9.59 Å². The minimum absolute atomic E-state index is 0.00404. The van der Waals surface area contributed by atoms with Gasteiger partial charge in [0, 0.05) is 20.9 Å². The lowest BCUT2D eigenvalue weighted by molar-refractivity contribution is 0.0598. The van der Waals surface area contributed by atoms with Gasteiger partial charge in [0.1, 0.15) is 12.5 Å². The lowest BCUT2D eigenvalue weighted by Crippen LogP contribution is -2.45. The number of carbonyl (C=O) groups is 2. The highest BCUT2D eigenvalue weighted by atomic mass is 35.5. The van der Waals surface area contributed by atoms with Crippen LogP contribution in [0.25, 0.3) is 0 Å². The van der Waals surface area contributed by atoms with Crippen molar-refractivity contribution in [1.29, 1.82) is 0 Å². The first kappa shape index (κ1) is 38.6. The van der Waals surface area contributed by atoms with E-state index in [0.29, 0.717) is 37.1 Å². The van der Waals surface area contributed by atoms with Crippen molar-refractivity contribution in [3.05, 3.63) is 70.8 Å². The Kier molecular flexibility index (Phi) is 12.8. The summed E-state index contributed by atoms with van der Waals surface area (Å²) >= 11 is 13.5. The standard InChI is InChI=1S/C40H57BCl2N4O4/c42-39-21-15-37(16-22-39,17-23-39)31-11-7-29(8-12-31)35(48)46-33(5-1-3-27-44)50-41-51-34(6-2-4-28-45)47-36(49)30-9-13-32(14-10-30)38-18-24-40(43,25-19-38)26-20-38/h7-14,33-34,41H,1-6,15-28,44-45H2,(H,46,48)(H,47,49). The Hall–Kier alpha value is -2.14. The smallest absolute Gasteiger partial charge is 0.393 e. The van der Waals surface area contributed by atoms with Gasteiger partial charge in [-0.3, -0.25) is 9.59 Å². The van der Waals surface area contributed by atoms with Gasteiger partial charge in [0.25, 0.3) is 11.8 Å². The highest BCUT2D eigenvalue weighted by Gasteiger charge is 2.49. The van der Waals surface area contributed by atoms with Gasteiger partial charge < -0.3 is 31.4 Å². The van der Waals surface area contributed by atoms with E-state index in [-0.39, 0.29) is 40.1 Å². The Morgan fingerprint density at radius 3 is 1.24 bits per heavy atom. The van der Waals surface area contributed by atoms with Crippen LogP contribution in [0, 0.1) is 0 Å². The van der Waals surface area contributed by atoms with Crippen molar-refractivity contribution in [3.63, 3.8) is 0 Å². The second-order valence-corrected chi connectivity index (χ2v) is 17.6. The number of amides is 2. The Balaban J connectivity index is 1.03. The number of nitrogens with two attached hydrogens (primary N) is 2. The SMILES string of the molecule is NCCCCC(NC(=O)c1ccc(C23CCC(Cl)(CC2)CC3)cc1)OBOC(CCCCN)NC(=O)c1ccc(C23CCC(Cl)(CC2)CC3)cc1. The minimum atomic E-state index is -0.563. The molecule has 8 nitrogen and oxygen atoms in total. The molecule has 0 aliphatic heterocycles. The van der Waals surface area contributed by atoms with E-state index in [1.165, 1.54) is 11.1 Å². The van der Waals surface area contributed by atoms with Gasteiger partial charge in [-0.1, -0.05) is 24.3 Å². The summed E-state index contributed by atoms with van der Waals surface area (Å²) < 4.78 is 12.2. The monoisotopic (exact) mass is 738 g/mol. The van der Waals surface area contributed by atoms with Crippen LogP contribution < -0.4 is 22.1 Å². The van der Waals surface area contributed by atoms with Crippen LogP contribution in [0.4, 0.5) is 0 Å².